The van der Waals surface area contributed by atoms with Crippen LogP contribution in [0, 0.1) is 0 Å². The van der Waals surface area contributed by atoms with Gasteiger partial charge in [-0.1, -0.05) is 6.92 Å². The second kappa shape index (κ2) is 2.89. The lowest BCUT2D eigenvalue weighted by Gasteiger charge is -2.19. The lowest BCUT2D eigenvalue weighted by atomic mass is 10.2. The van der Waals surface area contributed by atoms with Crippen molar-refractivity contribution in [3.63, 3.8) is 0 Å². The average molecular weight is 142 g/mol. The van der Waals surface area contributed by atoms with E-state index in [0.717, 1.165) is 18.8 Å². The molecule has 0 saturated carbocycles. The molecular formula is C8H18N2. The van der Waals surface area contributed by atoms with E-state index in [1.807, 2.05) is 0 Å². The van der Waals surface area contributed by atoms with Crippen molar-refractivity contribution in [3.05, 3.63) is 0 Å². The van der Waals surface area contributed by atoms with E-state index < -0.39 is 0 Å². The molecule has 0 aliphatic carbocycles. The third kappa shape index (κ3) is 1.18. The zero-order chi connectivity index (χ0) is 7.72. The molecule has 0 spiro atoms. The van der Waals surface area contributed by atoms with E-state index in [0.29, 0.717) is 0 Å². The van der Waals surface area contributed by atoms with Crippen molar-refractivity contribution in [2.45, 2.75) is 32.9 Å². The Labute approximate surface area is 63.8 Å². The Morgan fingerprint density at radius 2 is 1.90 bits per heavy atom. The highest BCUT2D eigenvalue weighted by Gasteiger charge is 2.29. The summed E-state index contributed by atoms with van der Waals surface area (Å²) in [5.41, 5.74) is 0. The van der Waals surface area contributed by atoms with Crippen LogP contribution in [0.15, 0.2) is 0 Å². The van der Waals surface area contributed by atoms with Gasteiger partial charge in [-0.3, -0.25) is 9.80 Å². The van der Waals surface area contributed by atoms with E-state index in [1.165, 1.54) is 6.54 Å². The van der Waals surface area contributed by atoms with Crippen molar-refractivity contribution in [3.8, 4) is 0 Å². The van der Waals surface area contributed by atoms with Crippen LogP contribution in [0.4, 0.5) is 0 Å². The monoisotopic (exact) mass is 142 g/mol. The summed E-state index contributed by atoms with van der Waals surface area (Å²) in [4.78, 5) is 4.89. The van der Waals surface area contributed by atoms with Gasteiger partial charge in [0, 0.05) is 12.1 Å². The molecule has 0 radical (unpaired) electrons. The summed E-state index contributed by atoms with van der Waals surface area (Å²) in [6, 6.07) is 1.45. The van der Waals surface area contributed by atoms with E-state index >= 15 is 0 Å². The molecule has 0 amide bonds. The van der Waals surface area contributed by atoms with E-state index in [-0.39, 0.29) is 0 Å². The predicted molar refractivity (Wildman–Crippen MR) is 43.9 cm³/mol. The molecular weight excluding hydrogens is 124 g/mol. The normalized spacial score (nSPS) is 37.2. The summed E-state index contributed by atoms with van der Waals surface area (Å²) in [5, 5.41) is 0. The minimum absolute atomic E-state index is 0.722. The van der Waals surface area contributed by atoms with Crippen LogP contribution in [0.2, 0.25) is 0 Å². The van der Waals surface area contributed by atoms with Crippen LogP contribution in [0.1, 0.15) is 20.8 Å². The fraction of sp³-hybridized carbons (Fsp3) is 1.00. The molecule has 1 aliphatic rings. The summed E-state index contributed by atoms with van der Waals surface area (Å²) in [6.45, 7) is 9.13. The Balaban J connectivity index is 2.53. The highest BCUT2D eigenvalue weighted by molar-refractivity contribution is 4.84. The van der Waals surface area contributed by atoms with Crippen LogP contribution in [0.3, 0.4) is 0 Å². The maximum atomic E-state index is 2.49. The average Bonchev–Trinajstić information content (AvgIpc) is 2.17. The Morgan fingerprint density at radius 1 is 1.30 bits per heavy atom. The van der Waals surface area contributed by atoms with Crippen molar-refractivity contribution >= 4 is 0 Å². The second-order valence-electron chi connectivity index (χ2n) is 3.28. The molecule has 2 heteroatoms. The minimum atomic E-state index is 0.722. The molecule has 1 rings (SSSR count). The largest absolute Gasteiger partial charge is 0.289 e. The molecule has 0 aromatic heterocycles. The van der Waals surface area contributed by atoms with E-state index in [1.54, 1.807) is 0 Å². The van der Waals surface area contributed by atoms with Crippen molar-refractivity contribution in [1.82, 2.24) is 9.80 Å². The zero-order valence-corrected chi connectivity index (χ0v) is 7.46. The van der Waals surface area contributed by atoms with Gasteiger partial charge < -0.3 is 0 Å². The Bertz CT molecular complexity index is 114. The minimum Gasteiger partial charge on any atom is -0.289 e. The van der Waals surface area contributed by atoms with Crippen molar-refractivity contribution < 1.29 is 0 Å². The molecule has 1 fully saturated rings. The van der Waals surface area contributed by atoms with E-state index in [2.05, 4.69) is 37.6 Å². The summed E-state index contributed by atoms with van der Waals surface area (Å²) >= 11 is 0. The Hall–Kier alpha value is -0.0800. The molecule has 0 aromatic carbocycles. The molecule has 2 unspecified atom stereocenters. The number of hydrogen-bond acceptors (Lipinski definition) is 2. The third-order valence-corrected chi connectivity index (χ3v) is 2.78. The van der Waals surface area contributed by atoms with Crippen molar-refractivity contribution in [2.24, 2.45) is 0 Å². The molecule has 0 aromatic rings. The lowest BCUT2D eigenvalue weighted by molar-refractivity contribution is 0.255. The van der Waals surface area contributed by atoms with Gasteiger partial charge in [0.2, 0.25) is 0 Å². The standard InChI is InChI=1S/C8H18N2/c1-5-10-6-9(4)7(2)8(10)3/h7-8H,5-6H2,1-4H3. The summed E-state index contributed by atoms with van der Waals surface area (Å²) in [7, 11) is 2.19. The third-order valence-electron chi connectivity index (χ3n) is 2.78. The SMILES string of the molecule is CCN1CN(C)C(C)C1C. The van der Waals surface area contributed by atoms with Gasteiger partial charge >= 0.3 is 0 Å². The lowest BCUT2D eigenvalue weighted by Crippen LogP contribution is -2.31. The highest BCUT2D eigenvalue weighted by atomic mass is 15.4. The van der Waals surface area contributed by atoms with Crippen LogP contribution in [0.5, 0.6) is 0 Å². The maximum absolute atomic E-state index is 2.49. The predicted octanol–water partition coefficient (Wildman–Crippen LogP) is 0.988. The van der Waals surface area contributed by atoms with Gasteiger partial charge in [-0.2, -0.15) is 0 Å². The summed E-state index contributed by atoms with van der Waals surface area (Å²) < 4.78 is 0. The van der Waals surface area contributed by atoms with Crippen LogP contribution in [0.25, 0.3) is 0 Å². The van der Waals surface area contributed by atoms with Crippen LogP contribution >= 0.6 is 0 Å². The van der Waals surface area contributed by atoms with Gasteiger partial charge in [0.1, 0.15) is 0 Å². The van der Waals surface area contributed by atoms with Crippen molar-refractivity contribution in [2.75, 3.05) is 20.3 Å². The molecule has 1 heterocycles. The molecule has 0 N–H and O–H groups in total. The fourth-order valence-electron chi connectivity index (χ4n) is 1.61. The van der Waals surface area contributed by atoms with Crippen LogP contribution in [-0.4, -0.2) is 42.1 Å². The highest BCUT2D eigenvalue weighted by Crippen LogP contribution is 2.17. The zero-order valence-electron chi connectivity index (χ0n) is 7.46. The van der Waals surface area contributed by atoms with Crippen LogP contribution in [-0.2, 0) is 0 Å². The first-order valence-corrected chi connectivity index (χ1v) is 4.11. The Kier molecular flexibility index (Phi) is 2.32. The van der Waals surface area contributed by atoms with Gasteiger partial charge in [0.25, 0.3) is 0 Å². The molecule has 1 saturated heterocycles. The Morgan fingerprint density at radius 3 is 2.10 bits per heavy atom. The molecule has 2 nitrogen and oxygen atoms in total. The molecule has 2 atom stereocenters. The quantitative estimate of drug-likeness (QED) is 0.538. The molecule has 0 bridgehead atoms. The van der Waals surface area contributed by atoms with Crippen LogP contribution < -0.4 is 0 Å². The number of likely N-dealkylation sites (N-methyl/N-ethyl adjacent to an activating group) is 2. The molecule has 1 aliphatic heterocycles. The molecule has 10 heavy (non-hydrogen) atoms. The first-order chi connectivity index (χ1) is 4.66. The number of rotatable bonds is 1. The molecule has 60 valence electrons. The summed E-state index contributed by atoms with van der Waals surface area (Å²) in [5.74, 6) is 0. The first-order valence-electron chi connectivity index (χ1n) is 4.11. The second-order valence-corrected chi connectivity index (χ2v) is 3.28. The number of hydrogen-bond donors (Lipinski definition) is 0. The smallest absolute Gasteiger partial charge is 0.0509 e. The van der Waals surface area contributed by atoms with E-state index in [4.69, 9.17) is 0 Å². The maximum Gasteiger partial charge on any atom is 0.0509 e. The van der Waals surface area contributed by atoms with Gasteiger partial charge in [-0.15, -0.1) is 0 Å². The van der Waals surface area contributed by atoms with Gasteiger partial charge in [-0.05, 0) is 27.4 Å². The fourth-order valence-corrected chi connectivity index (χ4v) is 1.61. The summed E-state index contributed by atoms with van der Waals surface area (Å²) in [6.07, 6.45) is 0. The number of nitrogens with zero attached hydrogens (tertiary/aromatic N) is 2. The van der Waals surface area contributed by atoms with Gasteiger partial charge in [0.15, 0.2) is 0 Å². The van der Waals surface area contributed by atoms with Gasteiger partial charge in [0.05, 0.1) is 6.67 Å². The van der Waals surface area contributed by atoms with Gasteiger partial charge in [-0.25, -0.2) is 0 Å². The first kappa shape index (κ1) is 8.02. The van der Waals surface area contributed by atoms with Crippen molar-refractivity contribution in [1.29, 1.82) is 0 Å². The van der Waals surface area contributed by atoms with E-state index in [9.17, 15) is 0 Å². The topological polar surface area (TPSA) is 6.48 Å².